The van der Waals surface area contributed by atoms with Gasteiger partial charge in [-0.2, -0.15) is 0 Å². The van der Waals surface area contributed by atoms with Gasteiger partial charge in [-0.3, -0.25) is 19.3 Å². The number of amides is 3. The highest BCUT2D eigenvalue weighted by atomic mass is 35.5. The van der Waals surface area contributed by atoms with Crippen molar-refractivity contribution in [2.75, 3.05) is 11.9 Å². The molecule has 1 heterocycles. The molecule has 0 unspecified atom stereocenters. The molecule has 1 aliphatic heterocycles. The first-order chi connectivity index (χ1) is 11.4. The molecule has 1 aliphatic carbocycles. The zero-order chi connectivity index (χ0) is 17.3. The molecule has 1 N–H and O–H groups in total. The van der Waals surface area contributed by atoms with E-state index in [1.807, 2.05) is 0 Å². The Morgan fingerprint density at radius 2 is 1.75 bits per heavy atom. The predicted molar refractivity (Wildman–Crippen MR) is 91.9 cm³/mol. The summed E-state index contributed by atoms with van der Waals surface area (Å²) in [6, 6.07) is 4.87. The van der Waals surface area contributed by atoms with Gasteiger partial charge < -0.3 is 5.32 Å². The Balaban J connectivity index is 1.70. The maximum Gasteiger partial charge on any atom is 0.244 e. The number of likely N-dealkylation sites (tertiary alicyclic amines) is 1. The second kappa shape index (κ2) is 6.73. The van der Waals surface area contributed by atoms with Crippen LogP contribution < -0.4 is 5.32 Å². The minimum Gasteiger partial charge on any atom is -0.322 e. The van der Waals surface area contributed by atoms with Gasteiger partial charge in [0.05, 0.1) is 21.1 Å². The van der Waals surface area contributed by atoms with Crippen LogP contribution >= 0.6 is 23.2 Å². The first-order valence-electron chi connectivity index (χ1n) is 8.02. The molecule has 1 aromatic carbocycles. The van der Waals surface area contributed by atoms with Crippen molar-refractivity contribution in [3.05, 3.63) is 28.2 Å². The number of hydrogen-bond acceptors (Lipinski definition) is 3. The zero-order valence-electron chi connectivity index (χ0n) is 13.1. The number of carbonyl (C=O) groups excluding carboxylic acids is 3. The summed E-state index contributed by atoms with van der Waals surface area (Å²) in [5, 5.41) is 3.20. The molecule has 128 valence electrons. The van der Waals surface area contributed by atoms with Crippen LogP contribution in [0, 0.1) is 5.41 Å². The molecule has 1 spiro atoms. The summed E-state index contributed by atoms with van der Waals surface area (Å²) < 4.78 is 0. The molecule has 0 aromatic heterocycles. The van der Waals surface area contributed by atoms with Gasteiger partial charge in [-0.25, -0.2) is 0 Å². The fourth-order valence-corrected chi connectivity index (χ4v) is 4.07. The van der Waals surface area contributed by atoms with Gasteiger partial charge in [0.2, 0.25) is 17.7 Å². The van der Waals surface area contributed by atoms with Crippen molar-refractivity contribution in [1.29, 1.82) is 0 Å². The predicted octanol–water partition coefficient (Wildman–Crippen LogP) is 3.64. The number of nitrogens with one attached hydrogen (secondary N) is 1. The average molecular weight is 369 g/mol. The van der Waals surface area contributed by atoms with Crippen LogP contribution in [0.1, 0.15) is 38.5 Å². The standard InChI is InChI=1S/C17H18Cl2N2O3/c18-11-5-4-6-12(19)15(11)20-13(22)10-21-14(23)9-17(16(21)24)7-2-1-3-8-17/h4-6H,1-3,7-10H2,(H,20,22). The van der Waals surface area contributed by atoms with Crippen LogP contribution in [0.4, 0.5) is 5.69 Å². The number of imide groups is 1. The fourth-order valence-electron chi connectivity index (χ4n) is 3.58. The topological polar surface area (TPSA) is 66.5 Å². The van der Waals surface area contributed by atoms with Gasteiger partial charge in [-0.05, 0) is 25.0 Å². The maximum absolute atomic E-state index is 12.7. The van der Waals surface area contributed by atoms with Crippen molar-refractivity contribution < 1.29 is 14.4 Å². The third kappa shape index (κ3) is 3.15. The molecule has 0 atom stereocenters. The van der Waals surface area contributed by atoms with Gasteiger partial charge in [0.15, 0.2) is 0 Å². The highest BCUT2D eigenvalue weighted by molar-refractivity contribution is 6.39. The summed E-state index contributed by atoms with van der Waals surface area (Å²) in [7, 11) is 0. The van der Waals surface area contributed by atoms with Gasteiger partial charge in [-0.1, -0.05) is 48.5 Å². The molecule has 3 amide bonds. The van der Waals surface area contributed by atoms with Crippen LogP contribution in [0.3, 0.4) is 0 Å². The van der Waals surface area contributed by atoms with E-state index in [-0.39, 0.29) is 30.5 Å². The highest BCUT2D eigenvalue weighted by Crippen LogP contribution is 2.45. The lowest BCUT2D eigenvalue weighted by atomic mass is 9.73. The Morgan fingerprint density at radius 3 is 2.38 bits per heavy atom. The Kier molecular flexibility index (Phi) is 4.83. The lowest BCUT2D eigenvalue weighted by molar-refractivity contribution is -0.144. The highest BCUT2D eigenvalue weighted by Gasteiger charge is 2.51. The number of para-hydroxylation sites is 1. The summed E-state index contributed by atoms with van der Waals surface area (Å²) in [6.45, 7) is -0.305. The molecule has 1 saturated heterocycles. The van der Waals surface area contributed by atoms with E-state index >= 15 is 0 Å². The Bertz CT molecular complexity index is 679. The summed E-state index contributed by atoms with van der Waals surface area (Å²) in [6.07, 6.45) is 4.67. The van der Waals surface area contributed by atoms with Crippen molar-refractivity contribution in [2.24, 2.45) is 5.41 Å². The number of rotatable bonds is 3. The van der Waals surface area contributed by atoms with E-state index in [1.165, 1.54) is 0 Å². The normalized spacial score (nSPS) is 19.8. The summed E-state index contributed by atoms with van der Waals surface area (Å²) >= 11 is 12.0. The molecule has 7 heteroatoms. The van der Waals surface area contributed by atoms with Crippen molar-refractivity contribution in [3.63, 3.8) is 0 Å². The van der Waals surface area contributed by atoms with Gasteiger partial charge in [0, 0.05) is 6.42 Å². The molecule has 5 nitrogen and oxygen atoms in total. The summed E-state index contributed by atoms with van der Waals surface area (Å²) in [5.41, 5.74) is -0.296. The van der Waals surface area contributed by atoms with Crippen molar-refractivity contribution >= 4 is 46.6 Å². The average Bonchev–Trinajstić information content (AvgIpc) is 2.76. The third-order valence-corrected chi connectivity index (χ3v) is 5.46. The third-order valence-electron chi connectivity index (χ3n) is 4.83. The first kappa shape index (κ1) is 17.2. The molecular formula is C17H18Cl2N2O3. The molecule has 1 aromatic rings. The lowest BCUT2D eigenvalue weighted by Crippen LogP contribution is -2.41. The minimum atomic E-state index is -0.586. The van der Waals surface area contributed by atoms with Gasteiger partial charge in [0.1, 0.15) is 6.54 Å². The maximum atomic E-state index is 12.7. The molecular weight excluding hydrogens is 351 g/mol. The van der Waals surface area contributed by atoms with E-state index < -0.39 is 11.3 Å². The molecule has 0 bridgehead atoms. The van der Waals surface area contributed by atoms with Crippen LogP contribution in [0.2, 0.25) is 10.0 Å². The van der Waals surface area contributed by atoms with E-state index in [0.717, 1.165) is 37.0 Å². The summed E-state index contributed by atoms with van der Waals surface area (Å²) in [5.74, 6) is -0.977. The number of benzene rings is 1. The smallest absolute Gasteiger partial charge is 0.244 e. The van der Waals surface area contributed by atoms with E-state index in [1.54, 1.807) is 18.2 Å². The number of anilines is 1. The quantitative estimate of drug-likeness (QED) is 0.828. The van der Waals surface area contributed by atoms with E-state index in [2.05, 4.69) is 5.32 Å². The molecule has 2 fully saturated rings. The van der Waals surface area contributed by atoms with Crippen LogP contribution in [-0.4, -0.2) is 29.2 Å². The second-order valence-corrected chi connectivity index (χ2v) is 7.26. The second-order valence-electron chi connectivity index (χ2n) is 6.45. The molecule has 1 saturated carbocycles. The van der Waals surface area contributed by atoms with Crippen LogP contribution in [0.5, 0.6) is 0 Å². The van der Waals surface area contributed by atoms with Crippen LogP contribution in [0.25, 0.3) is 0 Å². The zero-order valence-corrected chi connectivity index (χ0v) is 14.6. The number of carbonyl (C=O) groups is 3. The van der Waals surface area contributed by atoms with Gasteiger partial charge >= 0.3 is 0 Å². The molecule has 3 rings (SSSR count). The SMILES string of the molecule is O=C(CN1C(=O)CC2(CCCCC2)C1=O)Nc1c(Cl)cccc1Cl. The van der Waals surface area contributed by atoms with Gasteiger partial charge in [0.25, 0.3) is 0 Å². The lowest BCUT2D eigenvalue weighted by Gasteiger charge is -2.30. The first-order valence-corrected chi connectivity index (χ1v) is 8.77. The Labute approximate surface area is 150 Å². The number of nitrogens with zero attached hydrogens (tertiary/aromatic N) is 1. The largest absolute Gasteiger partial charge is 0.322 e. The Morgan fingerprint density at radius 1 is 1.12 bits per heavy atom. The number of halogens is 2. The monoisotopic (exact) mass is 368 g/mol. The van der Waals surface area contributed by atoms with E-state index in [9.17, 15) is 14.4 Å². The van der Waals surface area contributed by atoms with Crippen LogP contribution in [0.15, 0.2) is 18.2 Å². The molecule has 0 radical (unpaired) electrons. The molecule has 24 heavy (non-hydrogen) atoms. The molecule has 2 aliphatic rings. The number of hydrogen-bond donors (Lipinski definition) is 1. The Hall–Kier alpha value is -1.59. The summed E-state index contributed by atoms with van der Waals surface area (Å²) in [4.78, 5) is 38.3. The van der Waals surface area contributed by atoms with E-state index in [4.69, 9.17) is 23.2 Å². The van der Waals surface area contributed by atoms with Crippen molar-refractivity contribution in [3.8, 4) is 0 Å². The van der Waals surface area contributed by atoms with Crippen molar-refractivity contribution in [1.82, 2.24) is 4.90 Å². The van der Waals surface area contributed by atoms with Crippen LogP contribution in [-0.2, 0) is 14.4 Å². The van der Waals surface area contributed by atoms with Crippen molar-refractivity contribution in [2.45, 2.75) is 38.5 Å². The fraction of sp³-hybridized carbons (Fsp3) is 0.471. The van der Waals surface area contributed by atoms with E-state index in [0.29, 0.717) is 10.0 Å². The van der Waals surface area contributed by atoms with Gasteiger partial charge in [-0.15, -0.1) is 0 Å². The minimum absolute atomic E-state index is 0.214.